The van der Waals surface area contributed by atoms with Crippen LogP contribution in [0.25, 0.3) is 0 Å². The first-order chi connectivity index (χ1) is 26.0. The zero-order valence-electron chi connectivity index (χ0n) is 38.1. The van der Waals surface area contributed by atoms with Gasteiger partial charge in [0.05, 0.1) is 18.8 Å². The molecule has 0 aromatic rings. The van der Waals surface area contributed by atoms with E-state index in [1.54, 1.807) is 0 Å². The van der Waals surface area contributed by atoms with Crippen LogP contribution in [-0.2, 0) is 18.1 Å². The van der Waals surface area contributed by atoms with E-state index >= 15 is 0 Å². The molecule has 0 aliphatic carbocycles. The van der Waals surface area contributed by atoms with Gasteiger partial charge in [-0.15, -0.1) is 0 Å². The maximum absolute atomic E-state index is 14.6. The van der Waals surface area contributed by atoms with Gasteiger partial charge in [0, 0.05) is 0 Å². The van der Waals surface area contributed by atoms with Crippen molar-refractivity contribution in [3.8, 4) is 0 Å². The molecule has 328 valence electrons. The first kappa shape index (κ1) is 56.2. The van der Waals surface area contributed by atoms with Crippen LogP contribution in [0.2, 0.25) is 0 Å². The number of phosphoric acid groups is 1. The third-order valence-electron chi connectivity index (χ3n) is 11.8. The largest absolute Gasteiger partial charge is 0.475 e. The SMILES string of the molecule is CCCCCCCCCCCCC(CC)C(CCCCCCCCCCCC)(CCCCCCCCCCCC)OP(=O)(OCCCC)OCCCC.N. The molecule has 1 atom stereocenters. The summed E-state index contributed by atoms with van der Waals surface area (Å²) in [6, 6.07) is 0. The van der Waals surface area contributed by atoms with E-state index in [9.17, 15) is 4.57 Å². The van der Waals surface area contributed by atoms with Crippen molar-refractivity contribution in [3.63, 3.8) is 0 Å². The van der Waals surface area contributed by atoms with Crippen molar-refractivity contribution in [2.24, 2.45) is 5.92 Å². The lowest BCUT2D eigenvalue weighted by molar-refractivity contribution is -0.0524. The average molecular weight is 788 g/mol. The minimum atomic E-state index is -3.69. The molecule has 0 fully saturated rings. The molecule has 0 bridgehead atoms. The first-order valence-corrected chi connectivity index (χ1v) is 26.0. The fourth-order valence-corrected chi connectivity index (χ4v) is 9.86. The Balaban J connectivity index is 0. The monoisotopic (exact) mass is 788 g/mol. The molecule has 0 heterocycles. The van der Waals surface area contributed by atoms with E-state index in [1.165, 1.54) is 180 Å². The fraction of sp³-hybridized carbons (Fsp3) is 1.00. The Morgan fingerprint density at radius 1 is 0.389 bits per heavy atom. The highest BCUT2D eigenvalue weighted by atomic mass is 31.2. The van der Waals surface area contributed by atoms with Gasteiger partial charge >= 0.3 is 7.82 Å². The molecule has 0 saturated carbocycles. The van der Waals surface area contributed by atoms with E-state index < -0.39 is 13.4 Å². The molecule has 54 heavy (non-hydrogen) atoms. The van der Waals surface area contributed by atoms with Gasteiger partial charge in [0.15, 0.2) is 0 Å². The third kappa shape index (κ3) is 33.1. The fourth-order valence-electron chi connectivity index (χ4n) is 8.19. The highest BCUT2D eigenvalue weighted by Gasteiger charge is 2.45. The van der Waals surface area contributed by atoms with Crippen LogP contribution < -0.4 is 6.15 Å². The van der Waals surface area contributed by atoms with Crippen LogP contribution in [0.5, 0.6) is 0 Å². The minimum Gasteiger partial charge on any atom is -0.344 e. The Labute approximate surface area is 341 Å². The number of hydrogen-bond donors (Lipinski definition) is 1. The molecule has 0 spiro atoms. The maximum Gasteiger partial charge on any atom is 0.475 e. The third-order valence-corrected chi connectivity index (χ3v) is 13.4. The van der Waals surface area contributed by atoms with Gasteiger partial charge in [0.2, 0.25) is 0 Å². The summed E-state index contributed by atoms with van der Waals surface area (Å²) in [5.74, 6) is 0.381. The van der Waals surface area contributed by atoms with Gasteiger partial charge in [-0.3, -0.25) is 13.6 Å². The van der Waals surface area contributed by atoms with E-state index in [2.05, 4.69) is 41.5 Å². The summed E-state index contributed by atoms with van der Waals surface area (Å²) in [6.45, 7) is 14.5. The number of rotatable bonds is 45. The zero-order valence-corrected chi connectivity index (χ0v) is 39.0. The van der Waals surface area contributed by atoms with Crippen LogP contribution in [0, 0.1) is 5.92 Å². The van der Waals surface area contributed by atoms with Crippen LogP contribution in [0.15, 0.2) is 0 Å². The van der Waals surface area contributed by atoms with Crippen LogP contribution in [-0.4, -0.2) is 18.8 Å². The molecule has 0 aromatic carbocycles. The summed E-state index contributed by atoms with van der Waals surface area (Å²) in [5.41, 5.74) is -0.442. The van der Waals surface area contributed by atoms with Gasteiger partial charge in [0.1, 0.15) is 0 Å². The average Bonchev–Trinajstić information content (AvgIpc) is 3.15. The van der Waals surface area contributed by atoms with Gasteiger partial charge in [-0.25, -0.2) is 4.57 Å². The molecule has 0 radical (unpaired) electrons. The van der Waals surface area contributed by atoms with Crippen LogP contribution in [0.4, 0.5) is 0 Å². The first-order valence-electron chi connectivity index (χ1n) is 24.6. The molecule has 0 rings (SSSR count). The lowest BCUT2D eigenvalue weighted by Crippen LogP contribution is -2.41. The number of phosphoric ester groups is 1. The molecule has 0 aromatic heterocycles. The molecular formula is C48H102NO4P. The standard InChI is InChI=1S/C48H99O4P.H3N/c1-7-13-18-21-24-27-30-33-36-39-42-47(12-6)48(43-40-37-34-31-28-25-22-19-14-8-2,44-41-38-35-32-29-26-23-20-15-9-3)52-53(49,50-45-16-10-4)51-46-17-11-5;/h47H,7-46H2,1-6H3;1H3. The minimum absolute atomic E-state index is 0. The van der Waals surface area contributed by atoms with E-state index in [1.807, 2.05) is 0 Å². The molecule has 0 saturated heterocycles. The second-order valence-electron chi connectivity index (χ2n) is 16.9. The highest BCUT2D eigenvalue weighted by Crippen LogP contribution is 2.57. The topological polar surface area (TPSA) is 79.8 Å². The van der Waals surface area contributed by atoms with Gasteiger partial charge < -0.3 is 6.15 Å². The zero-order chi connectivity index (χ0) is 39.0. The van der Waals surface area contributed by atoms with Crippen molar-refractivity contribution in [2.45, 2.75) is 291 Å². The van der Waals surface area contributed by atoms with Gasteiger partial charge in [0.25, 0.3) is 0 Å². The van der Waals surface area contributed by atoms with Crippen molar-refractivity contribution in [3.05, 3.63) is 0 Å². The van der Waals surface area contributed by atoms with Crippen molar-refractivity contribution in [1.82, 2.24) is 6.15 Å². The summed E-state index contributed by atoms with van der Waals surface area (Å²) in [7, 11) is -3.69. The molecular weight excluding hydrogens is 686 g/mol. The Bertz CT molecular complexity index is 727. The normalized spacial score (nSPS) is 12.7. The second kappa shape index (κ2) is 42.7. The molecule has 0 aliphatic rings. The van der Waals surface area contributed by atoms with Crippen LogP contribution in [0.1, 0.15) is 286 Å². The quantitative estimate of drug-likeness (QED) is 0.0491. The number of unbranched alkanes of at least 4 members (excludes halogenated alkanes) is 29. The van der Waals surface area contributed by atoms with Crippen molar-refractivity contribution >= 4 is 7.82 Å². The van der Waals surface area contributed by atoms with Gasteiger partial charge in [-0.1, -0.05) is 253 Å². The molecule has 6 heteroatoms. The van der Waals surface area contributed by atoms with E-state index in [4.69, 9.17) is 13.6 Å². The highest BCUT2D eigenvalue weighted by molar-refractivity contribution is 7.48. The van der Waals surface area contributed by atoms with Gasteiger partial charge in [-0.05, 0) is 38.0 Å². The van der Waals surface area contributed by atoms with Crippen molar-refractivity contribution in [1.29, 1.82) is 0 Å². The molecule has 0 aliphatic heterocycles. The van der Waals surface area contributed by atoms with Crippen molar-refractivity contribution in [2.75, 3.05) is 13.2 Å². The van der Waals surface area contributed by atoms with Crippen LogP contribution >= 0.6 is 7.82 Å². The molecule has 3 N–H and O–H groups in total. The Morgan fingerprint density at radius 2 is 0.667 bits per heavy atom. The summed E-state index contributed by atoms with van der Waals surface area (Å²) < 4.78 is 34.1. The Hall–Kier alpha value is 0.0700. The van der Waals surface area contributed by atoms with Crippen LogP contribution in [0.3, 0.4) is 0 Å². The lowest BCUT2D eigenvalue weighted by Gasteiger charge is -2.42. The predicted octanol–water partition coefficient (Wildman–Crippen LogP) is 18.6. The lowest BCUT2D eigenvalue weighted by atomic mass is 9.75. The molecule has 0 amide bonds. The predicted molar refractivity (Wildman–Crippen MR) is 241 cm³/mol. The number of hydrogen-bond acceptors (Lipinski definition) is 5. The summed E-state index contributed by atoms with van der Waals surface area (Å²) in [6.07, 6.45) is 48.1. The maximum atomic E-state index is 14.6. The summed E-state index contributed by atoms with van der Waals surface area (Å²) >= 11 is 0. The molecule has 1 unspecified atom stereocenters. The van der Waals surface area contributed by atoms with E-state index in [0.717, 1.165) is 64.2 Å². The second-order valence-corrected chi connectivity index (χ2v) is 18.5. The van der Waals surface area contributed by atoms with Crippen molar-refractivity contribution < 1.29 is 18.1 Å². The Kier molecular flexibility index (Phi) is 44.4. The Morgan fingerprint density at radius 3 is 0.963 bits per heavy atom. The van der Waals surface area contributed by atoms with E-state index in [0.29, 0.717) is 19.1 Å². The van der Waals surface area contributed by atoms with Gasteiger partial charge in [-0.2, -0.15) is 0 Å². The molecule has 5 nitrogen and oxygen atoms in total. The summed E-state index contributed by atoms with van der Waals surface area (Å²) in [5, 5.41) is 0. The summed E-state index contributed by atoms with van der Waals surface area (Å²) in [4.78, 5) is 0. The van der Waals surface area contributed by atoms with E-state index in [-0.39, 0.29) is 6.15 Å². The smallest absolute Gasteiger partial charge is 0.344 e.